The van der Waals surface area contributed by atoms with Crippen LogP contribution in [0.5, 0.6) is 0 Å². The van der Waals surface area contributed by atoms with E-state index in [9.17, 15) is 4.79 Å². The average molecular weight is 293 g/mol. The molecule has 0 atom stereocenters. The summed E-state index contributed by atoms with van der Waals surface area (Å²) in [6.45, 7) is 1.45. The second-order valence-electron chi connectivity index (χ2n) is 4.55. The van der Waals surface area contributed by atoms with Gasteiger partial charge in [0.2, 0.25) is 5.91 Å². The molecule has 0 radical (unpaired) electrons. The third-order valence-electron chi connectivity index (χ3n) is 3.10. The highest BCUT2D eigenvalue weighted by Gasteiger charge is 2.05. The number of hydrogen-bond donors (Lipinski definition) is 2. The Morgan fingerprint density at radius 1 is 1.50 bits per heavy atom. The molecule has 0 saturated heterocycles. The number of hydrogen-bond acceptors (Lipinski definition) is 3. The van der Waals surface area contributed by atoms with Gasteiger partial charge in [0.1, 0.15) is 5.82 Å². The maximum absolute atomic E-state index is 11.0. The van der Waals surface area contributed by atoms with Crippen LogP contribution in [-0.2, 0) is 20.0 Å². The van der Waals surface area contributed by atoms with Gasteiger partial charge >= 0.3 is 0 Å². The van der Waals surface area contributed by atoms with Crippen molar-refractivity contribution in [3.8, 4) is 0 Å². The van der Waals surface area contributed by atoms with E-state index in [1.807, 2.05) is 23.9 Å². The summed E-state index contributed by atoms with van der Waals surface area (Å²) in [5.74, 6) is 0.564. The summed E-state index contributed by atoms with van der Waals surface area (Å²) in [5.41, 5.74) is 6.56. The minimum Gasteiger partial charge on any atom is -0.366 e. The number of halogens is 1. The highest BCUT2D eigenvalue weighted by molar-refractivity contribution is 6.31. The van der Waals surface area contributed by atoms with E-state index in [1.54, 1.807) is 18.3 Å². The molecule has 0 aliphatic carbocycles. The first kappa shape index (κ1) is 14.6. The minimum atomic E-state index is -0.471. The van der Waals surface area contributed by atoms with Gasteiger partial charge in [-0.2, -0.15) is 0 Å². The van der Waals surface area contributed by atoms with Gasteiger partial charge in [-0.25, -0.2) is 4.98 Å². The molecule has 0 fully saturated rings. The molecule has 0 unspecified atom stereocenters. The van der Waals surface area contributed by atoms with Crippen LogP contribution in [0.4, 0.5) is 0 Å². The number of nitrogens with zero attached hydrogens (tertiary/aromatic N) is 2. The molecule has 0 bridgehead atoms. The number of nitrogens with two attached hydrogens (primary N) is 1. The molecule has 0 aliphatic rings. The topological polar surface area (TPSA) is 72.9 Å². The molecule has 20 heavy (non-hydrogen) atoms. The number of benzene rings is 1. The molecule has 2 rings (SSSR count). The number of nitrogens with one attached hydrogen (secondary N) is 1. The number of imidazole rings is 1. The number of aromatic nitrogens is 2. The van der Waals surface area contributed by atoms with Crippen molar-refractivity contribution in [1.82, 2.24) is 14.9 Å². The van der Waals surface area contributed by atoms with Crippen molar-refractivity contribution in [3.05, 3.63) is 52.6 Å². The van der Waals surface area contributed by atoms with E-state index < -0.39 is 5.91 Å². The summed E-state index contributed by atoms with van der Waals surface area (Å²) in [4.78, 5) is 15.3. The second-order valence-corrected chi connectivity index (χ2v) is 4.96. The van der Waals surface area contributed by atoms with Gasteiger partial charge in [0.25, 0.3) is 0 Å². The lowest BCUT2D eigenvalue weighted by Gasteiger charge is -2.08. The van der Waals surface area contributed by atoms with Crippen molar-refractivity contribution < 1.29 is 4.79 Å². The lowest BCUT2D eigenvalue weighted by Crippen LogP contribution is -2.18. The van der Waals surface area contributed by atoms with Crippen LogP contribution in [-0.4, -0.2) is 22.0 Å². The summed E-state index contributed by atoms with van der Waals surface area (Å²) in [6.07, 6.45) is 4.56. The predicted octanol–water partition coefficient (Wildman–Crippen LogP) is 1.50. The van der Waals surface area contributed by atoms with E-state index >= 15 is 0 Å². The van der Waals surface area contributed by atoms with E-state index in [0.29, 0.717) is 17.1 Å². The van der Waals surface area contributed by atoms with Crippen LogP contribution in [0.25, 0.3) is 0 Å². The number of carbonyl (C=O) groups is 1. The monoisotopic (exact) mass is 292 g/mol. The highest BCUT2D eigenvalue weighted by atomic mass is 35.5. The predicted molar refractivity (Wildman–Crippen MR) is 78.6 cm³/mol. The van der Waals surface area contributed by atoms with E-state index in [4.69, 9.17) is 17.3 Å². The molecule has 106 valence electrons. The Kier molecular flexibility index (Phi) is 4.76. The fraction of sp³-hybridized carbons (Fsp3) is 0.286. The number of aryl methyl sites for hydroxylation is 1. The summed E-state index contributed by atoms with van der Waals surface area (Å²) in [5, 5.41) is 3.85. The van der Waals surface area contributed by atoms with Gasteiger partial charge in [0, 0.05) is 49.5 Å². The summed E-state index contributed by atoms with van der Waals surface area (Å²) < 4.78 is 2.00. The Morgan fingerprint density at radius 3 is 2.90 bits per heavy atom. The fourth-order valence-electron chi connectivity index (χ4n) is 1.90. The normalized spacial score (nSPS) is 10.7. The van der Waals surface area contributed by atoms with Gasteiger partial charge < -0.3 is 15.6 Å². The van der Waals surface area contributed by atoms with E-state index in [1.165, 1.54) is 0 Å². The smallest absolute Gasteiger partial charge is 0.248 e. The molecule has 2 aromatic rings. The zero-order valence-corrected chi connectivity index (χ0v) is 12.0. The first-order valence-electron chi connectivity index (χ1n) is 6.33. The highest BCUT2D eigenvalue weighted by Crippen LogP contribution is 2.17. The first-order valence-corrected chi connectivity index (χ1v) is 6.71. The van der Waals surface area contributed by atoms with Crippen LogP contribution >= 0.6 is 11.6 Å². The minimum absolute atomic E-state index is 0.423. The van der Waals surface area contributed by atoms with E-state index in [2.05, 4.69) is 10.3 Å². The van der Waals surface area contributed by atoms with E-state index in [0.717, 1.165) is 24.4 Å². The van der Waals surface area contributed by atoms with Gasteiger partial charge in [-0.15, -0.1) is 0 Å². The summed E-state index contributed by atoms with van der Waals surface area (Å²) in [6, 6.07) is 5.10. The Morgan fingerprint density at radius 2 is 2.30 bits per heavy atom. The zero-order chi connectivity index (χ0) is 14.5. The Labute approximate surface area is 122 Å². The molecule has 3 N–H and O–H groups in total. The average Bonchev–Trinajstić information content (AvgIpc) is 2.81. The molecular weight excluding hydrogens is 276 g/mol. The molecule has 0 saturated carbocycles. The van der Waals surface area contributed by atoms with Crippen LogP contribution in [0.2, 0.25) is 5.02 Å². The summed E-state index contributed by atoms with van der Waals surface area (Å²) >= 11 is 6.11. The summed E-state index contributed by atoms with van der Waals surface area (Å²) in [7, 11) is 1.97. The van der Waals surface area contributed by atoms with Crippen LogP contribution < -0.4 is 11.1 Å². The third-order valence-corrected chi connectivity index (χ3v) is 3.45. The first-order chi connectivity index (χ1) is 9.58. The largest absolute Gasteiger partial charge is 0.366 e. The third kappa shape index (κ3) is 3.59. The maximum atomic E-state index is 11.0. The van der Waals surface area contributed by atoms with Crippen molar-refractivity contribution in [2.75, 3.05) is 6.54 Å². The number of amides is 1. The van der Waals surface area contributed by atoms with Crippen LogP contribution in [0.15, 0.2) is 30.6 Å². The Hall–Kier alpha value is -1.85. The molecule has 1 amide bonds. The number of primary amides is 1. The van der Waals surface area contributed by atoms with Crippen molar-refractivity contribution in [1.29, 1.82) is 0 Å². The molecule has 6 heteroatoms. The quantitative estimate of drug-likeness (QED) is 0.793. The van der Waals surface area contributed by atoms with Crippen molar-refractivity contribution in [2.24, 2.45) is 12.8 Å². The second kappa shape index (κ2) is 6.54. The van der Waals surface area contributed by atoms with Crippen LogP contribution in [0.1, 0.15) is 21.7 Å². The fourth-order valence-corrected chi connectivity index (χ4v) is 2.15. The van der Waals surface area contributed by atoms with Crippen LogP contribution in [0.3, 0.4) is 0 Å². The Bertz CT molecular complexity index is 609. The van der Waals surface area contributed by atoms with Crippen molar-refractivity contribution >= 4 is 17.5 Å². The van der Waals surface area contributed by atoms with Gasteiger partial charge in [-0.1, -0.05) is 17.7 Å². The number of rotatable bonds is 6. The maximum Gasteiger partial charge on any atom is 0.248 e. The molecule has 5 nitrogen and oxygen atoms in total. The molecule has 1 heterocycles. The van der Waals surface area contributed by atoms with Crippen molar-refractivity contribution in [3.63, 3.8) is 0 Å². The Balaban J connectivity index is 1.85. The lowest BCUT2D eigenvalue weighted by atomic mass is 10.1. The molecule has 1 aromatic heterocycles. The van der Waals surface area contributed by atoms with Gasteiger partial charge in [-0.05, 0) is 17.7 Å². The molecule has 0 aliphatic heterocycles. The number of carbonyl (C=O) groups excluding carboxylic acids is 1. The van der Waals surface area contributed by atoms with Gasteiger partial charge in [-0.3, -0.25) is 4.79 Å². The molecular formula is C14H17ClN4O. The van der Waals surface area contributed by atoms with E-state index in [-0.39, 0.29) is 0 Å². The molecule has 0 spiro atoms. The van der Waals surface area contributed by atoms with Crippen LogP contribution in [0, 0.1) is 0 Å². The zero-order valence-electron chi connectivity index (χ0n) is 11.3. The standard InChI is InChI=1S/C14H17ClN4O/c1-19-7-6-18-13(19)4-5-17-9-11-3-2-10(14(16)20)8-12(11)15/h2-3,6-8,17H,4-5,9H2,1H3,(H2,16,20). The lowest BCUT2D eigenvalue weighted by molar-refractivity contribution is 0.100. The molecule has 1 aromatic carbocycles. The SMILES string of the molecule is Cn1ccnc1CCNCc1ccc(C(N)=O)cc1Cl. The van der Waals surface area contributed by atoms with Gasteiger partial charge in [0.15, 0.2) is 0 Å². The van der Waals surface area contributed by atoms with Gasteiger partial charge in [0.05, 0.1) is 0 Å². The van der Waals surface area contributed by atoms with Crippen molar-refractivity contribution in [2.45, 2.75) is 13.0 Å².